The fourth-order valence-electron chi connectivity index (χ4n) is 8.11. The number of hydrogen-bond acceptors (Lipinski definition) is 6. The van der Waals surface area contributed by atoms with E-state index in [2.05, 4.69) is 131 Å². The van der Waals surface area contributed by atoms with E-state index >= 15 is 0 Å². The van der Waals surface area contributed by atoms with Crippen LogP contribution in [-0.2, 0) is 14.9 Å². The van der Waals surface area contributed by atoms with E-state index < -0.39 is 5.41 Å². The first-order valence-electron chi connectivity index (χ1n) is 17.4. The van der Waals surface area contributed by atoms with Crippen molar-refractivity contribution in [3.8, 4) is 33.4 Å². The van der Waals surface area contributed by atoms with Crippen molar-refractivity contribution in [3.63, 3.8) is 0 Å². The number of aromatic nitrogens is 2. The van der Waals surface area contributed by atoms with Gasteiger partial charge < -0.3 is 9.47 Å². The summed E-state index contributed by atoms with van der Waals surface area (Å²) in [5.74, 6) is 1.23. The lowest BCUT2D eigenvalue weighted by Gasteiger charge is -2.34. The normalized spacial score (nSPS) is 15.5. The Morgan fingerprint density at radius 1 is 0.471 bits per heavy atom. The maximum absolute atomic E-state index is 5.72. The van der Waals surface area contributed by atoms with Gasteiger partial charge in [0.05, 0.1) is 18.5 Å². The summed E-state index contributed by atoms with van der Waals surface area (Å²) in [6.07, 6.45) is 3.89. The largest absolute Gasteiger partial charge is 0.474 e. The van der Waals surface area contributed by atoms with Crippen LogP contribution in [-0.4, -0.2) is 48.1 Å². The molecule has 0 saturated heterocycles. The van der Waals surface area contributed by atoms with Crippen LogP contribution in [0.15, 0.2) is 156 Å². The molecule has 0 amide bonds. The number of aliphatic imine (C=N–C) groups is 2. The van der Waals surface area contributed by atoms with E-state index in [0.717, 1.165) is 33.6 Å². The second-order valence-electron chi connectivity index (χ2n) is 13.1. The minimum Gasteiger partial charge on any atom is -0.474 e. The molecule has 6 heteroatoms. The molecule has 0 unspecified atom stereocenters. The predicted octanol–water partition coefficient (Wildman–Crippen LogP) is 8.88. The van der Waals surface area contributed by atoms with Crippen molar-refractivity contribution >= 4 is 22.6 Å². The number of benzene rings is 5. The fourth-order valence-corrected chi connectivity index (χ4v) is 8.11. The molecule has 4 heterocycles. The molecule has 10 rings (SSSR count). The Morgan fingerprint density at radius 2 is 1.04 bits per heavy atom. The highest BCUT2D eigenvalue weighted by Gasteiger charge is 2.47. The quantitative estimate of drug-likeness (QED) is 0.179. The Hall–Kier alpha value is -6.40. The van der Waals surface area contributed by atoms with Crippen molar-refractivity contribution in [3.05, 3.63) is 179 Å². The Bertz CT molecular complexity index is 2470. The summed E-state index contributed by atoms with van der Waals surface area (Å²) in [5.41, 5.74) is 12.7. The van der Waals surface area contributed by atoms with Gasteiger partial charge in [0.15, 0.2) is 0 Å². The zero-order valence-electron chi connectivity index (χ0n) is 27.8. The van der Waals surface area contributed by atoms with E-state index in [1.54, 1.807) is 0 Å². The molecular formula is C45H32N4O2. The highest BCUT2D eigenvalue weighted by molar-refractivity contribution is 6.10. The van der Waals surface area contributed by atoms with E-state index in [9.17, 15) is 0 Å². The van der Waals surface area contributed by atoms with Crippen LogP contribution in [0.4, 0.5) is 0 Å². The van der Waals surface area contributed by atoms with Crippen LogP contribution in [0.5, 0.6) is 0 Å². The number of fused-ring (bicyclic) bond motifs is 5. The van der Waals surface area contributed by atoms with Gasteiger partial charge in [0.2, 0.25) is 11.8 Å². The molecule has 0 bridgehead atoms. The SMILES string of the molecule is c1ccc(C2(c3ccccc3)c3cc(-c4ccc(C5=NCCO5)nc4)ccc3-c3c2cc(-c2ccc(C4=NCCO4)nc2)c2ccccc32)cc1. The molecule has 2 aromatic heterocycles. The van der Waals surface area contributed by atoms with Crippen LogP contribution >= 0.6 is 0 Å². The second kappa shape index (κ2) is 11.9. The molecule has 6 nitrogen and oxygen atoms in total. The molecule has 1 aliphatic carbocycles. The number of ether oxygens (including phenoxy) is 2. The molecule has 0 spiro atoms. The van der Waals surface area contributed by atoms with Crippen molar-refractivity contribution in [1.29, 1.82) is 0 Å². The Morgan fingerprint density at radius 3 is 1.61 bits per heavy atom. The minimum absolute atomic E-state index is 0.596. The third-order valence-corrected chi connectivity index (χ3v) is 10.3. The summed E-state index contributed by atoms with van der Waals surface area (Å²) < 4.78 is 11.4. The van der Waals surface area contributed by atoms with E-state index in [4.69, 9.17) is 19.4 Å². The minimum atomic E-state index is -0.596. The Balaban J connectivity index is 1.24. The first kappa shape index (κ1) is 29.5. The molecule has 7 aromatic rings. The Labute approximate surface area is 295 Å². The van der Waals surface area contributed by atoms with Gasteiger partial charge in [-0.1, -0.05) is 109 Å². The van der Waals surface area contributed by atoms with Gasteiger partial charge in [-0.2, -0.15) is 0 Å². The van der Waals surface area contributed by atoms with E-state index in [0.29, 0.717) is 38.1 Å². The molecular weight excluding hydrogens is 629 g/mol. The van der Waals surface area contributed by atoms with Crippen LogP contribution < -0.4 is 0 Å². The van der Waals surface area contributed by atoms with Crippen molar-refractivity contribution in [2.45, 2.75) is 5.41 Å². The smallest absolute Gasteiger partial charge is 0.235 e. The van der Waals surface area contributed by atoms with Crippen LogP contribution in [0.3, 0.4) is 0 Å². The van der Waals surface area contributed by atoms with Crippen LogP contribution in [0, 0.1) is 0 Å². The zero-order chi connectivity index (χ0) is 33.8. The molecule has 0 radical (unpaired) electrons. The maximum atomic E-state index is 5.72. The molecule has 0 fully saturated rings. The highest BCUT2D eigenvalue weighted by atomic mass is 16.5. The lowest BCUT2D eigenvalue weighted by atomic mass is 9.67. The third-order valence-electron chi connectivity index (χ3n) is 10.3. The fraction of sp³-hybridized carbons (Fsp3) is 0.111. The van der Waals surface area contributed by atoms with Gasteiger partial charge in [-0.25, -0.2) is 9.98 Å². The topological polar surface area (TPSA) is 69.0 Å². The standard InChI is InChI=1S/C45H32N4O2/c1-3-9-32(10-4-1)45(33-11-5-2-6-12-33)38-25-29(30-16-19-40(48-27-30)43-46-21-23-50-43)15-18-36(38)42-35-14-8-7-13-34(35)37(26-39(42)45)31-17-20-41(49-28-31)44-47-22-24-51-44/h1-20,25-28H,21-24H2. The average molecular weight is 661 g/mol. The van der Waals surface area contributed by atoms with Gasteiger partial charge in [-0.3, -0.25) is 9.97 Å². The molecule has 3 aliphatic rings. The third kappa shape index (κ3) is 4.63. The van der Waals surface area contributed by atoms with E-state index in [1.807, 2.05) is 24.5 Å². The van der Waals surface area contributed by atoms with Crippen LogP contribution in [0.1, 0.15) is 33.6 Å². The van der Waals surface area contributed by atoms with Crippen LogP contribution in [0.25, 0.3) is 44.2 Å². The molecule has 2 aliphatic heterocycles. The van der Waals surface area contributed by atoms with Crippen molar-refractivity contribution in [2.75, 3.05) is 26.3 Å². The number of nitrogens with zero attached hydrogens (tertiary/aromatic N) is 4. The zero-order valence-corrected chi connectivity index (χ0v) is 27.8. The summed E-state index contributed by atoms with van der Waals surface area (Å²) in [6.45, 7) is 2.55. The molecule has 5 aromatic carbocycles. The Kier molecular flexibility index (Phi) is 6.88. The monoisotopic (exact) mass is 660 g/mol. The average Bonchev–Trinajstić information content (AvgIpc) is 4.00. The van der Waals surface area contributed by atoms with E-state index in [1.165, 1.54) is 44.2 Å². The van der Waals surface area contributed by atoms with Gasteiger partial charge >= 0.3 is 0 Å². The van der Waals surface area contributed by atoms with Gasteiger partial charge in [-0.05, 0) is 79.5 Å². The number of pyridine rings is 2. The van der Waals surface area contributed by atoms with Gasteiger partial charge in [0.25, 0.3) is 0 Å². The molecule has 51 heavy (non-hydrogen) atoms. The first-order chi connectivity index (χ1) is 25.3. The van der Waals surface area contributed by atoms with Gasteiger partial charge in [0.1, 0.15) is 24.6 Å². The predicted molar refractivity (Wildman–Crippen MR) is 202 cm³/mol. The summed E-state index contributed by atoms with van der Waals surface area (Å²) in [6, 6.07) is 48.3. The lowest BCUT2D eigenvalue weighted by Crippen LogP contribution is -2.28. The summed E-state index contributed by atoms with van der Waals surface area (Å²) in [7, 11) is 0. The van der Waals surface area contributed by atoms with Gasteiger partial charge in [0, 0.05) is 23.5 Å². The summed E-state index contributed by atoms with van der Waals surface area (Å²) in [5, 5.41) is 2.40. The molecule has 244 valence electrons. The highest BCUT2D eigenvalue weighted by Crippen LogP contribution is 2.59. The van der Waals surface area contributed by atoms with Gasteiger partial charge in [-0.15, -0.1) is 0 Å². The maximum Gasteiger partial charge on any atom is 0.235 e. The number of rotatable bonds is 6. The lowest BCUT2D eigenvalue weighted by molar-refractivity contribution is 0.347. The molecule has 0 saturated carbocycles. The van der Waals surface area contributed by atoms with Crippen molar-refractivity contribution < 1.29 is 9.47 Å². The molecule has 0 N–H and O–H groups in total. The number of hydrogen-bond donors (Lipinski definition) is 0. The summed E-state index contributed by atoms with van der Waals surface area (Å²) in [4.78, 5) is 18.5. The second-order valence-corrected chi connectivity index (χ2v) is 13.1. The van der Waals surface area contributed by atoms with E-state index in [-0.39, 0.29) is 0 Å². The molecule has 0 atom stereocenters. The summed E-state index contributed by atoms with van der Waals surface area (Å²) >= 11 is 0. The van der Waals surface area contributed by atoms with Crippen molar-refractivity contribution in [1.82, 2.24) is 9.97 Å². The first-order valence-corrected chi connectivity index (χ1v) is 17.4. The van der Waals surface area contributed by atoms with Crippen molar-refractivity contribution in [2.24, 2.45) is 9.98 Å². The van der Waals surface area contributed by atoms with Crippen LogP contribution in [0.2, 0.25) is 0 Å².